The normalized spacial score (nSPS) is 13.4. The molecule has 0 bridgehead atoms. The Kier molecular flexibility index (Phi) is 2.21. The highest BCUT2D eigenvalue weighted by Crippen LogP contribution is 2.13. The lowest BCUT2D eigenvalue weighted by molar-refractivity contribution is 0.752. The summed E-state index contributed by atoms with van der Waals surface area (Å²) in [4.78, 5) is 4.32. The lowest BCUT2D eigenvalue weighted by Crippen LogP contribution is -2.10. The van der Waals surface area contributed by atoms with Gasteiger partial charge in [-0.25, -0.2) is 9.50 Å². The first-order chi connectivity index (χ1) is 6.70. The summed E-state index contributed by atoms with van der Waals surface area (Å²) < 4.78 is 1.80. The van der Waals surface area contributed by atoms with Crippen molar-refractivity contribution >= 4 is 5.65 Å². The maximum absolute atomic E-state index is 5.60. The van der Waals surface area contributed by atoms with Gasteiger partial charge < -0.3 is 5.73 Å². The van der Waals surface area contributed by atoms with E-state index >= 15 is 0 Å². The summed E-state index contributed by atoms with van der Waals surface area (Å²) in [7, 11) is 0. The summed E-state index contributed by atoms with van der Waals surface area (Å²) in [5.41, 5.74) is 8.59. The molecule has 4 nitrogen and oxygen atoms in total. The fourth-order valence-corrected chi connectivity index (χ4v) is 1.40. The highest BCUT2D eigenvalue weighted by Gasteiger charge is 2.05. The molecule has 0 fully saturated rings. The van der Waals surface area contributed by atoms with E-state index in [0.717, 1.165) is 16.9 Å². The Morgan fingerprint density at radius 1 is 1.57 bits per heavy atom. The summed E-state index contributed by atoms with van der Waals surface area (Å²) in [6.45, 7) is 4.67. The van der Waals surface area contributed by atoms with Crippen LogP contribution in [0.2, 0.25) is 0 Å². The Morgan fingerprint density at radius 2 is 2.36 bits per heavy atom. The van der Waals surface area contributed by atoms with E-state index in [2.05, 4.69) is 17.0 Å². The second-order valence-corrected chi connectivity index (χ2v) is 3.61. The van der Waals surface area contributed by atoms with Crippen molar-refractivity contribution in [1.82, 2.24) is 14.6 Å². The average Bonchev–Trinajstić information content (AvgIpc) is 2.55. The van der Waals surface area contributed by atoms with Crippen LogP contribution in [0.4, 0.5) is 0 Å². The van der Waals surface area contributed by atoms with Gasteiger partial charge >= 0.3 is 0 Å². The van der Waals surface area contributed by atoms with Crippen molar-refractivity contribution in [3.63, 3.8) is 0 Å². The topological polar surface area (TPSA) is 56.2 Å². The minimum absolute atomic E-state index is 0.330. The molecule has 0 aliphatic heterocycles. The lowest BCUT2D eigenvalue weighted by Gasteiger charge is -2.07. The molecular weight excluding hydrogens is 176 g/mol. The monoisotopic (exact) mass is 190 g/mol. The number of nitrogens with two attached hydrogens (primary N) is 1. The molecule has 0 aromatic carbocycles. The number of aromatic nitrogens is 3. The molecule has 0 aliphatic rings. The minimum Gasteiger partial charge on any atom is -0.330 e. The van der Waals surface area contributed by atoms with Crippen LogP contribution in [0.25, 0.3) is 5.65 Å². The van der Waals surface area contributed by atoms with Gasteiger partial charge in [-0.1, -0.05) is 6.92 Å². The van der Waals surface area contributed by atoms with Gasteiger partial charge in [0.15, 0.2) is 5.65 Å². The molecular formula is C10H14N4. The zero-order valence-corrected chi connectivity index (χ0v) is 8.44. The Morgan fingerprint density at radius 3 is 3.07 bits per heavy atom. The smallest absolute Gasteiger partial charge is 0.155 e. The Balaban J connectivity index is 2.50. The van der Waals surface area contributed by atoms with E-state index in [0.29, 0.717) is 12.5 Å². The Labute approximate surface area is 82.8 Å². The molecule has 2 aromatic rings. The van der Waals surface area contributed by atoms with Crippen LogP contribution in [0.3, 0.4) is 0 Å². The molecule has 0 amide bonds. The molecule has 2 aromatic heterocycles. The number of rotatable bonds is 2. The second kappa shape index (κ2) is 3.38. The average molecular weight is 190 g/mol. The van der Waals surface area contributed by atoms with Crippen LogP contribution in [0.15, 0.2) is 18.5 Å². The molecule has 74 valence electrons. The first kappa shape index (κ1) is 9.15. The number of hydrogen-bond donors (Lipinski definition) is 1. The van der Waals surface area contributed by atoms with E-state index in [9.17, 15) is 0 Å². The number of fused-ring (bicyclic) bond motifs is 1. The summed E-state index contributed by atoms with van der Waals surface area (Å²) >= 11 is 0. The van der Waals surface area contributed by atoms with E-state index in [1.54, 1.807) is 4.52 Å². The van der Waals surface area contributed by atoms with Crippen LogP contribution < -0.4 is 5.73 Å². The molecule has 0 saturated carbocycles. The van der Waals surface area contributed by atoms with Gasteiger partial charge in [-0.05, 0) is 24.9 Å². The summed E-state index contributed by atoms with van der Waals surface area (Å²) in [6.07, 6.45) is 3.86. The fourth-order valence-electron chi connectivity index (χ4n) is 1.40. The van der Waals surface area contributed by atoms with Gasteiger partial charge in [0.05, 0.1) is 5.69 Å². The third kappa shape index (κ3) is 1.48. The predicted octanol–water partition coefficient (Wildman–Crippen LogP) is 1.10. The van der Waals surface area contributed by atoms with Crippen LogP contribution in [0.1, 0.15) is 24.1 Å². The first-order valence-electron chi connectivity index (χ1n) is 4.72. The van der Waals surface area contributed by atoms with Gasteiger partial charge in [-0.15, -0.1) is 0 Å². The molecule has 2 heterocycles. The van der Waals surface area contributed by atoms with Gasteiger partial charge in [0.2, 0.25) is 0 Å². The maximum Gasteiger partial charge on any atom is 0.155 e. The molecule has 0 spiro atoms. The third-order valence-corrected chi connectivity index (χ3v) is 2.38. The van der Waals surface area contributed by atoms with Gasteiger partial charge in [0, 0.05) is 18.5 Å². The molecule has 2 rings (SSSR count). The van der Waals surface area contributed by atoms with Crippen molar-refractivity contribution in [2.45, 2.75) is 19.8 Å². The first-order valence-corrected chi connectivity index (χ1v) is 4.72. The van der Waals surface area contributed by atoms with Crippen LogP contribution in [-0.2, 0) is 0 Å². The van der Waals surface area contributed by atoms with Crippen molar-refractivity contribution in [3.05, 3.63) is 29.7 Å². The highest BCUT2D eigenvalue weighted by atomic mass is 15.2. The van der Waals surface area contributed by atoms with Gasteiger partial charge in [-0.3, -0.25) is 0 Å². The van der Waals surface area contributed by atoms with E-state index in [-0.39, 0.29) is 0 Å². The predicted molar refractivity (Wildman–Crippen MR) is 55.2 cm³/mol. The van der Waals surface area contributed by atoms with Crippen LogP contribution >= 0.6 is 0 Å². The van der Waals surface area contributed by atoms with Crippen molar-refractivity contribution in [3.8, 4) is 0 Å². The molecule has 4 heteroatoms. The van der Waals surface area contributed by atoms with Crippen molar-refractivity contribution in [2.24, 2.45) is 5.73 Å². The summed E-state index contributed by atoms with van der Waals surface area (Å²) in [5, 5.41) is 4.30. The number of hydrogen-bond acceptors (Lipinski definition) is 3. The van der Waals surface area contributed by atoms with Crippen molar-refractivity contribution in [1.29, 1.82) is 0 Å². The SMILES string of the molecule is Cc1cc2ncc(C(C)CN)cn2n1. The van der Waals surface area contributed by atoms with Gasteiger partial charge in [-0.2, -0.15) is 5.10 Å². The van der Waals surface area contributed by atoms with Crippen LogP contribution in [0, 0.1) is 6.92 Å². The molecule has 2 N–H and O–H groups in total. The molecule has 0 radical (unpaired) electrons. The van der Waals surface area contributed by atoms with E-state index in [1.165, 1.54) is 0 Å². The van der Waals surface area contributed by atoms with Gasteiger partial charge in [0.25, 0.3) is 0 Å². The molecule has 0 aliphatic carbocycles. The Hall–Kier alpha value is -1.42. The van der Waals surface area contributed by atoms with Crippen LogP contribution in [0.5, 0.6) is 0 Å². The summed E-state index contributed by atoms with van der Waals surface area (Å²) in [5.74, 6) is 0.330. The molecule has 14 heavy (non-hydrogen) atoms. The van der Waals surface area contributed by atoms with Gasteiger partial charge in [0.1, 0.15) is 0 Å². The van der Waals surface area contributed by atoms with E-state index in [1.807, 2.05) is 25.4 Å². The lowest BCUT2D eigenvalue weighted by atomic mass is 10.1. The van der Waals surface area contributed by atoms with Crippen molar-refractivity contribution < 1.29 is 0 Å². The number of nitrogens with zero attached hydrogens (tertiary/aromatic N) is 3. The summed E-state index contributed by atoms with van der Waals surface area (Å²) in [6, 6.07) is 1.96. The standard InChI is InChI=1S/C10H14N4/c1-7(4-11)9-5-12-10-3-8(2)13-14(10)6-9/h3,5-7H,4,11H2,1-2H3. The third-order valence-electron chi connectivity index (χ3n) is 2.38. The second-order valence-electron chi connectivity index (χ2n) is 3.61. The number of aryl methyl sites for hydroxylation is 1. The molecule has 1 atom stereocenters. The maximum atomic E-state index is 5.60. The Bertz CT molecular complexity index is 446. The highest BCUT2D eigenvalue weighted by molar-refractivity contribution is 5.39. The molecule has 1 unspecified atom stereocenters. The zero-order chi connectivity index (χ0) is 10.1. The van der Waals surface area contributed by atoms with E-state index in [4.69, 9.17) is 5.73 Å². The minimum atomic E-state index is 0.330. The fraction of sp³-hybridized carbons (Fsp3) is 0.400. The largest absolute Gasteiger partial charge is 0.330 e. The zero-order valence-electron chi connectivity index (χ0n) is 8.44. The quantitative estimate of drug-likeness (QED) is 0.771. The van der Waals surface area contributed by atoms with Crippen molar-refractivity contribution in [2.75, 3.05) is 6.54 Å². The van der Waals surface area contributed by atoms with E-state index < -0.39 is 0 Å². The molecule has 0 saturated heterocycles. The van der Waals surface area contributed by atoms with Crippen LogP contribution in [-0.4, -0.2) is 21.1 Å².